The van der Waals surface area contributed by atoms with Crippen molar-refractivity contribution in [2.24, 2.45) is 0 Å². The van der Waals surface area contributed by atoms with E-state index in [1.165, 1.54) is 12.1 Å². The van der Waals surface area contributed by atoms with Crippen molar-refractivity contribution in [1.29, 1.82) is 0 Å². The minimum atomic E-state index is -0.325. The van der Waals surface area contributed by atoms with Crippen LogP contribution in [-0.4, -0.2) is 10.2 Å². The maximum absolute atomic E-state index is 8.96. The second-order valence-electron chi connectivity index (χ2n) is 1.77. The molecule has 4 heteroatoms. The number of aromatic hydroxyl groups is 2. The number of benzene rings is 1. The minimum Gasteiger partial charge on any atom is -0.504 e. The smallest absolute Gasteiger partial charge is 0.177 e. The maximum Gasteiger partial charge on any atom is 0.177 e. The van der Waals surface area contributed by atoms with Gasteiger partial charge in [-0.15, -0.1) is 12.6 Å². The highest BCUT2D eigenvalue weighted by atomic mass is 35.5. The van der Waals surface area contributed by atoms with Crippen molar-refractivity contribution in [3.8, 4) is 11.5 Å². The van der Waals surface area contributed by atoms with Crippen LogP contribution in [0.25, 0.3) is 0 Å². The molecule has 2 nitrogen and oxygen atoms in total. The lowest BCUT2D eigenvalue weighted by molar-refractivity contribution is 0.403. The molecule has 0 spiro atoms. The molecule has 10 heavy (non-hydrogen) atoms. The van der Waals surface area contributed by atoms with Crippen LogP contribution < -0.4 is 0 Å². The van der Waals surface area contributed by atoms with Gasteiger partial charge in [0.15, 0.2) is 11.5 Å². The van der Waals surface area contributed by atoms with Crippen LogP contribution in [0.3, 0.4) is 0 Å². The van der Waals surface area contributed by atoms with Crippen LogP contribution in [0.1, 0.15) is 0 Å². The average molecular weight is 177 g/mol. The van der Waals surface area contributed by atoms with Gasteiger partial charge in [-0.25, -0.2) is 0 Å². The predicted octanol–water partition coefficient (Wildman–Crippen LogP) is 2.04. The molecule has 2 N–H and O–H groups in total. The predicted molar refractivity (Wildman–Crippen MR) is 42.0 cm³/mol. The van der Waals surface area contributed by atoms with E-state index in [2.05, 4.69) is 12.6 Å². The van der Waals surface area contributed by atoms with Crippen molar-refractivity contribution in [3.63, 3.8) is 0 Å². The Kier molecular flexibility index (Phi) is 1.97. The lowest BCUT2D eigenvalue weighted by atomic mass is 10.3. The Hall–Kier alpha value is -0.540. The zero-order valence-electron chi connectivity index (χ0n) is 4.87. The summed E-state index contributed by atoms with van der Waals surface area (Å²) in [5.41, 5.74) is 0. The van der Waals surface area contributed by atoms with E-state index in [1.54, 1.807) is 0 Å². The van der Waals surface area contributed by atoms with Gasteiger partial charge in [0.05, 0.1) is 5.02 Å². The Balaban J connectivity index is 3.34. The third kappa shape index (κ3) is 1.15. The lowest BCUT2D eigenvalue weighted by Crippen LogP contribution is -1.72. The molecule has 0 atom stereocenters. The van der Waals surface area contributed by atoms with Gasteiger partial charge in [-0.3, -0.25) is 0 Å². The Morgan fingerprint density at radius 1 is 1.30 bits per heavy atom. The summed E-state index contributed by atoms with van der Waals surface area (Å²) >= 11 is 9.41. The average Bonchev–Trinajstić information content (AvgIpc) is 1.93. The zero-order valence-corrected chi connectivity index (χ0v) is 6.52. The summed E-state index contributed by atoms with van der Waals surface area (Å²) in [5.74, 6) is -0.558. The van der Waals surface area contributed by atoms with Crippen LogP contribution in [0.2, 0.25) is 5.02 Å². The fourth-order valence-electron chi connectivity index (χ4n) is 0.544. The number of rotatable bonds is 0. The normalized spacial score (nSPS) is 9.80. The molecule has 0 unspecified atom stereocenters. The monoisotopic (exact) mass is 176 g/mol. The maximum atomic E-state index is 8.96. The molecular weight excluding hydrogens is 172 g/mol. The molecule has 1 rings (SSSR count). The highest BCUT2D eigenvalue weighted by molar-refractivity contribution is 7.80. The summed E-state index contributed by atoms with van der Waals surface area (Å²) in [6.45, 7) is 0. The first kappa shape index (κ1) is 7.57. The number of hydrogen-bond acceptors (Lipinski definition) is 3. The van der Waals surface area contributed by atoms with E-state index in [1.807, 2.05) is 0 Å². The Labute approximate surface area is 68.5 Å². The molecule has 54 valence electrons. The number of phenolic OH excluding ortho intramolecular Hbond substituents is 2. The van der Waals surface area contributed by atoms with Gasteiger partial charge in [0.1, 0.15) is 0 Å². The molecule has 0 saturated heterocycles. The lowest BCUT2D eigenvalue weighted by Gasteiger charge is -2.00. The molecule has 1 aromatic carbocycles. The van der Waals surface area contributed by atoms with Gasteiger partial charge in [-0.1, -0.05) is 11.6 Å². The molecule has 0 fully saturated rings. The van der Waals surface area contributed by atoms with Gasteiger partial charge in [0.2, 0.25) is 0 Å². The summed E-state index contributed by atoms with van der Waals surface area (Å²) in [4.78, 5) is 0.442. The number of hydrogen-bond donors (Lipinski definition) is 3. The molecule has 0 radical (unpaired) electrons. The molecule has 0 aromatic heterocycles. The summed E-state index contributed by atoms with van der Waals surface area (Å²) in [6, 6.07) is 2.82. The van der Waals surface area contributed by atoms with Crippen molar-refractivity contribution < 1.29 is 10.2 Å². The van der Waals surface area contributed by atoms with Gasteiger partial charge in [-0.05, 0) is 12.1 Å². The van der Waals surface area contributed by atoms with E-state index >= 15 is 0 Å². The van der Waals surface area contributed by atoms with Gasteiger partial charge < -0.3 is 10.2 Å². The first-order valence-corrected chi connectivity index (χ1v) is 3.35. The molecule has 0 bridgehead atoms. The van der Waals surface area contributed by atoms with Gasteiger partial charge in [0.25, 0.3) is 0 Å². The molecule has 0 aliphatic rings. The molecule has 0 amide bonds. The quantitative estimate of drug-likeness (QED) is 0.418. The van der Waals surface area contributed by atoms with Crippen molar-refractivity contribution in [2.45, 2.75) is 4.90 Å². The third-order valence-electron chi connectivity index (χ3n) is 1.07. The van der Waals surface area contributed by atoms with Crippen LogP contribution in [0.4, 0.5) is 0 Å². The van der Waals surface area contributed by atoms with E-state index in [4.69, 9.17) is 21.8 Å². The van der Waals surface area contributed by atoms with E-state index in [0.717, 1.165) is 0 Å². The number of halogens is 1. The summed E-state index contributed by atoms with van der Waals surface area (Å²) in [6.07, 6.45) is 0. The SMILES string of the molecule is Oc1ccc(S)c(Cl)c1O. The first-order chi connectivity index (χ1) is 4.63. The van der Waals surface area contributed by atoms with Gasteiger partial charge >= 0.3 is 0 Å². The number of thiol groups is 1. The van der Waals surface area contributed by atoms with Crippen LogP contribution >= 0.6 is 24.2 Å². The molecule has 0 aliphatic heterocycles. The molecule has 0 heterocycles. The molecule has 1 aromatic rings. The topological polar surface area (TPSA) is 40.5 Å². The van der Waals surface area contributed by atoms with Gasteiger partial charge in [-0.2, -0.15) is 0 Å². The fraction of sp³-hybridized carbons (Fsp3) is 0. The van der Waals surface area contributed by atoms with E-state index in [-0.39, 0.29) is 16.5 Å². The van der Waals surface area contributed by atoms with Crippen LogP contribution in [0, 0.1) is 0 Å². The van der Waals surface area contributed by atoms with Crippen molar-refractivity contribution in [1.82, 2.24) is 0 Å². The summed E-state index contributed by atoms with van der Waals surface area (Å²) in [7, 11) is 0. The second-order valence-corrected chi connectivity index (χ2v) is 2.63. The Bertz CT molecular complexity index is 235. The number of phenols is 2. The Morgan fingerprint density at radius 2 is 1.90 bits per heavy atom. The van der Waals surface area contributed by atoms with Crippen LogP contribution in [0.15, 0.2) is 17.0 Å². The fourth-order valence-corrected chi connectivity index (χ4v) is 0.884. The van der Waals surface area contributed by atoms with Crippen LogP contribution in [-0.2, 0) is 0 Å². The van der Waals surface area contributed by atoms with E-state index in [0.29, 0.717) is 4.90 Å². The first-order valence-electron chi connectivity index (χ1n) is 2.52. The van der Waals surface area contributed by atoms with Crippen molar-refractivity contribution >= 4 is 24.2 Å². The molecule has 0 saturated carbocycles. The Morgan fingerprint density at radius 3 is 2.40 bits per heavy atom. The van der Waals surface area contributed by atoms with E-state index in [9.17, 15) is 0 Å². The third-order valence-corrected chi connectivity index (χ3v) is 1.96. The minimum absolute atomic E-state index is 0.0725. The van der Waals surface area contributed by atoms with Crippen molar-refractivity contribution in [3.05, 3.63) is 17.2 Å². The molecular formula is C6H5ClO2S. The second kappa shape index (κ2) is 2.60. The van der Waals surface area contributed by atoms with Gasteiger partial charge in [0, 0.05) is 4.90 Å². The standard InChI is InChI=1S/C6H5ClO2S/c7-5-4(10)2-1-3(8)6(5)9/h1-2,8-10H. The highest BCUT2D eigenvalue weighted by Gasteiger charge is 2.06. The highest BCUT2D eigenvalue weighted by Crippen LogP contribution is 2.36. The van der Waals surface area contributed by atoms with Crippen LogP contribution in [0.5, 0.6) is 11.5 Å². The summed E-state index contributed by atoms with van der Waals surface area (Å²) in [5, 5.41) is 17.9. The molecule has 0 aliphatic carbocycles. The van der Waals surface area contributed by atoms with Crippen molar-refractivity contribution in [2.75, 3.05) is 0 Å². The largest absolute Gasteiger partial charge is 0.504 e. The zero-order chi connectivity index (χ0) is 7.72. The summed E-state index contributed by atoms with van der Waals surface area (Å²) < 4.78 is 0. The van der Waals surface area contributed by atoms with E-state index < -0.39 is 0 Å².